The van der Waals surface area contributed by atoms with E-state index in [-0.39, 0.29) is 6.04 Å². The van der Waals surface area contributed by atoms with E-state index in [9.17, 15) is 0 Å². The molecule has 2 nitrogen and oxygen atoms in total. The second-order valence-electron chi connectivity index (χ2n) is 5.67. The van der Waals surface area contributed by atoms with Gasteiger partial charge in [-0.25, -0.2) is 5.01 Å². The molecule has 100 valence electrons. The quantitative estimate of drug-likeness (QED) is 0.417. The molecule has 0 aliphatic heterocycles. The van der Waals surface area contributed by atoms with E-state index in [4.69, 9.17) is 5.84 Å². The van der Waals surface area contributed by atoms with Crippen LogP contribution in [0.25, 0.3) is 0 Å². The molecule has 0 amide bonds. The minimum atomic E-state index is 0.229. The molecule has 2 N–H and O–H groups in total. The molecule has 4 unspecified atom stereocenters. The Labute approximate surface area is 108 Å². The van der Waals surface area contributed by atoms with Crippen molar-refractivity contribution in [3.8, 4) is 0 Å². The lowest BCUT2D eigenvalue weighted by atomic mass is 9.80. The number of hydrogen-bond acceptors (Lipinski definition) is 2. The van der Waals surface area contributed by atoms with Crippen molar-refractivity contribution in [3.63, 3.8) is 0 Å². The van der Waals surface area contributed by atoms with E-state index >= 15 is 0 Å². The van der Waals surface area contributed by atoms with E-state index in [1.54, 1.807) is 5.01 Å². The predicted octanol–water partition coefficient (Wildman–Crippen LogP) is 3.61. The fourth-order valence-corrected chi connectivity index (χ4v) is 1.97. The molecule has 0 rings (SSSR count). The van der Waals surface area contributed by atoms with Crippen molar-refractivity contribution < 1.29 is 0 Å². The van der Waals surface area contributed by atoms with Crippen LogP contribution in [0.3, 0.4) is 0 Å². The molecule has 0 saturated carbocycles. The van der Waals surface area contributed by atoms with Gasteiger partial charge in [-0.15, -0.1) is 0 Å². The molecule has 0 aromatic rings. The topological polar surface area (TPSA) is 29.3 Å². The van der Waals surface area contributed by atoms with E-state index in [1.807, 2.05) is 7.05 Å². The zero-order chi connectivity index (χ0) is 13.7. The molecule has 0 aromatic carbocycles. The van der Waals surface area contributed by atoms with Crippen molar-refractivity contribution in [2.75, 3.05) is 7.05 Å². The molecule has 0 fully saturated rings. The van der Waals surface area contributed by atoms with E-state index in [1.165, 1.54) is 11.1 Å². The maximum atomic E-state index is 5.78. The Kier molecular flexibility index (Phi) is 6.73. The Morgan fingerprint density at radius 3 is 2.00 bits per heavy atom. The highest BCUT2D eigenvalue weighted by molar-refractivity contribution is 5.09. The van der Waals surface area contributed by atoms with Crippen molar-refractivity contribution in [1.29, 1.82) is 0 Å². The fourth-order valence-electron chi connectivity index (χ4n) is 1.97. The van der Waals surface area contributed by atoms with Crippen LogP contribution in [0.4, 0.5) is 0 Å². The Morgan fingerprint density at radius 2 is 1.65 bits per heavy atom. The molecule has 0 bridgehead atoms. The summed E-state index contributed by atoms with van der Waals surface area (Å²) in [6, 6.07) is 0.229. The number of rotatable bonds is 7. The van der Waals surface area contributed by atoms with Crippen molar-refractivity contribution in [3.05, 3.63) is 24.3 Å². The first-order valence-electron chi connectivity index (χ1n) is 6.50. The maximum absolute atomic E-state index is 5.78. The molecule has 0 spiro atoms. The highest BCUT2D eigenvalue weighted by atomic mass is 15.4. The van der Waals surface area contributed by atoms with Gasteiger partial charge in [0, 0.05) is 13.1 Å². The van der Waals surface area contributed by atoms with Crippen LogP contribution in [-0.4, -0.2) is 18.1 Å². The van der Waals surface area contributed by atoms with Gasteiger partial charge in [-0.2, -0.15) is 0 Å². The third-order valence-electron chi connectivity index (χ3n) is 4.15. The highest BCUT2D eigenvalue weighted by Crippen LogP contribution is 2.29. The van der Waals surface area contributed by atoms with E-state index < -0.39 is 0 Å². The molecule has 0 aromatic heterocycles. The van der Waals surface area contributed by atoms with Gasteiger partial charge in [0.15, 0.2) is 0 Å². The number of nitrogens with zero attached hydrogens (tertiary/aromatic N) is 1. The van der Waals surface area contributed by atoms with E-state index in [2.05, 4.69) is 47.8 Å². The van der Waals surface area contributed by atoms with Crippen LogP contribution in [0, 0.1) is 17.8 Å². The molecule has 2 heteroatoms. The molecule has 0 saturated heterocycles. The van der Waals surface area contributed by atoms with Crippen molar-refractivity contribution in [2.24, 2.45) is 23.6 Å². The lowest BCUT2D eigenvalue weighted by Gasteiger charge is -2.30. The normalized spacial score (nSPS) is 18.6. The van der Waals surface area contributed by atoms with Gasteiger partial charge < -0.3 is 0 Å². The second-order valence-corrected chi connectivity index (χ2v) is 5.67. The summed E-state index contributed by atoms with van der Waals surface area (Å²) >= 11 is 0. The average Bonchev–Trinajstić information content (AvgIpc) is 2.25. The Bertz CT molecular complexity index is 268. The average molecular weight is 238 g/mol. The van der Waals surface area contributed by atoms with Gasteiger partial charge in [-0.1, -0.05) is 45.1 Å². The van der Waals surface area contributed by atoms with Gasteiger partial charge in [-0.05, 0) is 38.0 Å². The number of hydrogen-bond donors (Lipinski definition) is 1. The van der Waals surface area contributed by atoms with Gasteiger partial charge in [0.2, 0.25) is 0 Å². The number of nitrogens with two attached hydrogens (primary N) is 1. The van der Waals surface area contributed by atoms with Crippen LogP contribution < -0.4 is 5.84 Å². The summed E-state index contributed by atoms with van der Waals surface area (Å²) in [4.78, 5) is 0. The van der Waals surface area contributed by atoms with Crippen LogP contribution in [0.15, 0.2) is 24.3 Å². The van der Waals surface area contributed by atoms with E-state index in [0.717, 1.165) is 6.42 Å². The molecule has 0 radical (unpaired) electrons. The van der Waals surface area contributed by atoms with Gasteiger partial charge in [-0.3, -0.25) is 5.84 Å². The SMILES string of the molecule is C=C(C)C(C)CC(C)C(C)C(=C)C(C)N(C)N. The van der Waals surface area contributed by atoms with E-state index in [0.29, 0.717) is 17.8 Å². The first-order chi connectivity index (χ1) is 7.68. The number of hydrazine groups is 1. The summed E-state index contributed by atoms with van der Waals surface area (Å²) in [6.45, 7) is 19.2. The first-order valence-corrected chi connectivity index (χ1v) is 6.50. The Morgan fingerprint density at radius 1 is 1.18 bits per heavy atom. The third kappa shape index (κ3) is 5.05. The fraction of sp³-hybridized carbons (Fsp3) is 0.733. The Hall–Kier alpha value is -0.600. The molecular weight excluding hydrogens is 208 g/mol. The van der Waals surface area contributed by atoms with Crippen molar-refractivity contribution in [1.82, 2.24) is 5.01 Å². The zero-order valence-corrected chi connectivity index (χ0v) is 12.5. The highest BCUT2D eigenvalue weighted by Gasteiger charge is 2.22. The van der Waals surface area contributed by atoms with Crippen LogP contribution in [0.2, 0.25) is 0 Å². The summed E-state index contributed by atoms with van der Waals surface area (Å²) < 4.78 is 0. The molecule has 0 heterocycles. The van der Waals surface area contributed by atoms with Gasteiger partial charge in [0.25, 0.3) is 0 Å². The summed E-state index contributed by atoms with van der Waals surface area (Å²) in [7, 11) is 1.89. The molecule has 17 heavy (non-hydrogen) atoms. The second kappa shape index (κ2) is 6.97. The summed E-state index contributed by atoms with van der Waals surface area (Å²) in [5, 5.41) is 1.73. The van der Waals surface area contributed by atoms with Crippen LogP contribution in [0.1, 0.15) is 41.0 Å². The predicted molar refractivity (Wildman–Crippen MR) is 77.5 cm³/mol. The van der Waals surface area contributed by atoms with Crippen molar-refractivity contribution in [2.45, 2.75) is 47.1 Å². The summed E-state index contributed by atoms with van der Waals surface area (Å²) in [5.74, 6) is 7.45. The molecule has 4 atom stereocenters. The first kappa shape index (κ1) is 16.4. The van der Waals surface area contributed by atoms with Gasteiger partial charge in [0.05, 0.1) is 0 Å². The van der Waals surface area contributed by atoms with Crippen molar-refractivity contribution >= 4 is 0 Å². The summed E-state index contributed by atoms with van der Waals surface area (Å²) in [6.07, 6.45) is 1.16. The number of likely N-dealkylation sites (N-methyl/N-ethyl adjacent to an activating group) is 1. The molecular formula is C15H30N2. The monoisotopic (exact) mass is 238 g/mol. The standard InChI is InChI=1S/C15H30N2/c1-10(2)11(3)9-12(4)13(5)14(6)15(7)17(8)16/h11-13,15H,1,6,9,16H2,2-5,7-8H3. The third-order valence-corrected chi connectivity index (χ3v) is 4.15. The smallest absolute Gasteiger partial charge is 0.0419 e. The minimum Gasteiger partial charge on any atom is -0.268 e. The summed E-state index contributed by atoms with van der Waals surface area (Å²) in [5.41, 5.74) is 2.48. The van der Waals surface area contributed by atoms with Crippen LogP contribution in [-0.2, 0) is 0 Å². The van der Waals surface area contributed by atoms with Gasteiger partial charge in [0.1, 0.15) is 0 Å². The van der Waals surface area contributed by atoms with Gasteiger partial charge >= 0.3 is 0 Å². The lowest BCUT2D eigenvalue weighted by Crippen LogP contribution is -2.38. The van der Waals surface area contributed by atoms with Crippen LogP contribution in [0.5, 0.6) is 0 Å². The Balaban J connectivity index is 4.44. The minimum absolute atomic E-state index is 0.229. The van der Waals surface area contributed by atoms with Crippen LogP contribution >= 0.6 is 0 Å². The zero-order valence-electron chi connectivity index (χ0n) is 12.5. The maximum Gasteiger partial charge on any atom is 0.0419 e. The molecule has 0 aliphatic carbocycles. The number of allylic oxidation sites excluding steroid dienone is 1. The lowest BCUT2D eigenvalue weighted by molar-refractivity contribution is 0.262. The molecule has 0 aliphatic rings. The largest absolute Gasteiger partial charge is 0.268 e.